The van der Waals surface area contributed by atoms with Crippen LogP contribution in [0.25, 0.3) is 22.3 Å². The van der Waals surface area contributed by atoms with Gasteiger partial charge in [0.05, 0.1) is 18.0 Å². The molecule has 0 saturated heterocycles. The highest BCUT2D eigenvalue weighted by Gasteiger charge is 2.25. The minimum Gasteiger partial charge on any atom is -0.355 e. The van der Waals surface area contributed by atoms with Crippen molar-refractivity contribution in [1.82, 2.24) is 0 Å². The Hall–Kier alpha value is -3.52. The van der Waals surface area contributed by atoms with Crippen molar-refractivity contribution in [2.45, 2.75) is 20.8 Å². The van der Waals surface area contributed by atoms with E-state index in [1.165, 1.54) is 56.0 Å². The van der Waals surface area contributed by atoms with E-state index in [0.29, 0.717) is 0 Å². The molecule has 4 aromatic carbocycles. The predicted octanol–water partition coefficient (Wildman–Crippen LogP) is 7.49. The van der Waals surface area contributed by atoms with Gasteiger partial charge in [-0.1, -0.05) is 60.7 Å². The van der Waals surface area contributed by atoms with Crippen molar-refractivity contribution in [2.24, 2.45) is 0 Å². The second-order valence-electron chi connectivity index (χ2n) is 8.61. The summed E-state index contributed by atoms with van der Waals surface area (Å²) in [5.41, 5.74) is 13.0. The molecule has 4 aromatic rings. The van der Waals surface area contributed by atoms with Crippen molar-refractivity contribution in [3.05, 3.63) is 102 Å². The van der Waals surface area contributed by atoms with Gasteiger partial charge in [0.15, 0.2) is 0 Å². The number of para-hydroxylation sites is 2. The molecule has 0 aliphatic carbocycles. The highest BCUT2D eigenvalue weighted by molar-refractivity contribution is 5.85. The van der Waals surface area contributed by atoms with Gasteiger partial charge in [-0.05, 0) is 84.0 Å². The van der Waals surface area contributed by atoms with Crippen molar-refractivity contribution < 1.29 is 0 Å². The van der Waals surface area contributed by atoms with Crippen molar-refractivity contribution in [3.63, 3.8) is 0 Å². The summed E-state index contributed by atoms with van der Waals surface area (Å²) < 4.78 is 0. The maximum absolute atomic E-state index is 2.41. The summed E-state index contributed by atoms with van der Waals surface area (Å²) >= 11 is 0. The van der Waals surface area contributed by atoms with Crippen molar-refractivity contribution in [3.8, 4) is 22.3 Å². The number of hydrogen-bond donors (Lipinski definition) is 0. The molecule has 2 nitrogen and oxygen atoms in total. The van der Waals surface area contributed by atoms with Crippen LogP contribution in [-0.2, 0) is 0 Å². The smallest absolute Gasteiger partial charge is 0.0950 e. The summed E-state index contributed by atoms with van der Waals surface area (Å²) in [6.45, 7) is 7.56. The van der Waals surface area contributed by atoms with Gasteiger partial charge in [0, 0.05) is 12.7 Å². The molecule has 0 saturated carbocycles. The Morgan fingerprint density at radius 3 is 1.84 bits per heavy atom. The molecule has 31 heavy (non-hydrogen) atoms. The fraction of sp³-hybridized carbons (Fsp3) is 0.172. The third-order valence-corrected chi connectivity index (χ3v) is 6.35. The lowest BCUT2D eigenvalue weighted by molar-refractivity contribution is 0.946. The summed E-state index contributed by atoms with van der Waals surface area (Å²) in [5, 5.41) is 0. The van der Waals surface area contributed by atoms with E-state index in [1.807, 2.05) is 0 Å². The standard InChI is InChI=1S/C29H28N2/c1-20-16-24(14-15-26(20)31-19-30(4)27-12-8-9-13-28(27)31)29-21(2)17-25(18-22(29)3)23-10-6-5-7-11-23/h5-18H,19H2,1-4H3. The third-order valence-electron chi connectivity index (χ3n) is 6.35. The van der Waals surface area contributed by atoms with Crippen molar-refractivity contribution in [1.29, 1.82) is 0 Å². The quantitative estimate of drug-likeness (QED) is 0.349. The largest absolute Gasteiger partial charge is 0.355 e. The fourth-order valence-electron chi connectivity index (χ4n) is 4.92. The van der Waals surface area contributed by atoms with Gasteiger partial charge in [0.2, 0.25) is 0 Å². The van der Waals surface area contributed by atoms with Gasteiger partial charge < -0.3 is 9.80 Å². The van der Waals surface area contributed by atoms with Gasteiger partial charge in [-0.2, -0.15) is 0 Å². The molecule has 0 spiro atoms. The number of nitrogens with zero attached hydrogens (tertiary/aromatic N) is 2. The number of benzene rings is 4. The average Bonchev–Trinajstić information content (AvgIpc) is 3.10. The molecular formula is C29H28N2. The molecule has 0 N–H and O–H groups in total. The lowest BCUT2D eigenvalue weighted by Gasteiger charge is -2.23. The first-order valence-electron chi connectivity index (χ1n) is 10.9. The second-order valence-corrected chi connectivity index (χ2v) is 8.61. The summed E-state index contributed by atoms with van der Waals surface area (Å²) in [4.78, 5) is 4.71. The summed E-state index contributed by atoms with van der Waals surface area (Å²) in [6, 6.07) is 30.8. The van der Waals surface area contributed by atoms with Gasteiger partial charge in [-0.15, -0.1) is 0 Å². The summed E-state index contributed by atoms with van der Waals surface area (Å²) in [5.74, 6) is 0. The van der Waals surface area contributed by atoms with E-state index < -0.39 is 0 Å². The zero-order valence-electron chi connectivity index (χ0n) is 18.7. The molecule has 1 aliphatic heterocycles. The Bertz CT molecular complexity index is 1230. The molecule has 0 unspecified atom stereocenters. The molecule has 0 amide bonds. The van der Waals surface area contributed by atoms with Crippen LogP contribution in [0.15, 0.2) is 84.9 Å². The topological polar surface area (TPSA) is 6.48 Å². The number of anilines is 3. The highest BCUT2D eigenvalue weighted by atomic mass is 15.4. The molecule has 5 rings (SSSR count). The average molecular weight is 405 g/mol. The second kappa shape index (κ2) is 7.63. The van der Waals surface area contributed by atoms with E-state index in [4.69, 9.17) is 0 Å². The van der Waals surface area contributed by atoms with Gasteiger partial charge >= 0.3 is 0 Å². The van der Waals surface area contributed by atoms with Gasteiger partial charge in [0.25, 0.3) is 0 Å². The Balaban J connectivity index is 1.53. The Morgan fingerprint density at radius 1 is 0.548 bits per heavy atom. The Labute approximate surface area is 185 Å². The molecule has 0 aromatic heterocycles. The number of fused-ring (bicyclic) bond motifs is 1. The maximum Gasteiger partial charge on any atom is 0.0950 e. The SMILES string of the molecule is Cc1cc(-c2c(C)cc(-c3ccccc3)cc2C)ccc1N1CN(C)c2ccccc21. The normalized spacial score (nSPS) is 12.9. The Kier molecular flexibility index (Phi) is 4.78. The molecule has 0 bridgehead atoms. The lowest BCUT2D eigenvalue weighted by atomic mass is 9.90. The molecule has 0 fully saturated rings. The lowest BCUT2D eigenvalue weighted by Crippen LogP contribution is -2.24. The Morgan fingerprint density at radius 2 is 1.16 bits per heavy atom. The number of aryl methyl sites for hydroxylation is 3. The first-order valence-corrected chi connectivity index (χ1v) is 10.9. The van der Waals surface area contributed by atoms with Crippen LogP contribution in [0.4, 0.5) is 17.1 Å². The number of rotatable bonds is 3. The van der Waals surface area contributed by atoms with Crippen LogP contribution in [-0.4, -0.2) is 13.7 Å². The molecule has 0 radical (unpaired) electrons. The number of hydrogen-bond acceptors (Lipinski definition) is 2. The van der Waals surface area contributed by atoms with E-state index in [9.17, 15) is 0 Å². The van der Waals surface area contributed by atoms with Gasteiger partial charge in [-0.3, -0.25) is 0 Å². The molecule has 0 atom stereocenters. The van der Waals surface area contributed by atoms with Crippen molar-refractivity contribution in [2.75, 3.05) is 23.5 Å². The van der Waals surface area contributed by atoms with Gasteiger partial charge in [0.1, 0.15) is 0 Å². The van der Waals surface area contributed by atoms with E-state index in [0.717, 1.165) is 6.67 Å². The van der Waals surface area contributed by atoms with E-state index in [1.54, 1.807) is 0 Å². The van der Waals surface area contributed by atoms with E-state index in [2.05, 4.69) is 123 Å². The fourth-order valence-corrected chi connectivity index (χ4v) is 4.92. The van der Waals surface area contributed by atoms with Crippen LogP contribution >= 0.6 is 0 Å². The molecule has 1 aliphatic rings. The van der Waals surface area contributed by atoms with Crippen LogP contribution < -0.4 is 9.80 Å². The zero-order chi connectivity index (χ0) is 21.5. The van der Waals surface area contributed by atoms with Gasteiger partial charge in [-0.25, -0.2) is 0 Å². The van der Waals surface area contributed by atoms with Crippen LogP contribution in [0.1, 0.15) is 16.7 Å². The van der Waals surface area contributed by atoms with Crippen molar-refractivity contribution >= 4 is 17.1 Å². The minimum absolute atomic E-state index is 0.878. The van der Waals surface area contributed by atoms with E-state index >= 15 is 0 Å². The summed E-state index contributed by atoms with van der Waals surface area (Å²) in [7, 11) is 2.16. The molecular weight excluding hydrogens is 376 g/mol. The molecule has 154 valence electrons. The summed E-state index contributed by atoms with van der Waals surface area (Å²) in [6.07, 6.45) is 0. The van der Waals surface area contributed by atoms with E-state index in [-0.39, 0.29) is 0 Å². The van der Waals surface area contributed by atoms with Crippen LogP contribution in [0.3, 0.4) is 0 Å². The minimum atomic E-state index is 0.878. The van der Waals surface area contributed by atoms with Crippen LogP contribution in [0, 0.1) is 20.8 Å². The van der Waals surface area contributed by atoms with Crippen LogP contribution in [0.5, 0.6) is 0 Å². The third kappa shape index (κ3) is 3.38. The predicted molar refractivity (Wildman–Crippen MR) is 133 cm³/mol. The highest BCUT2D eigenvalue weighted by Crippen LogP contribution is 2.42. The maximum atomic E-state index is 2.41. The first-order chi connectivity index (χ1) is 15.0. The first kappa shape index (κ1) is 19.4. The molecule has 1 heterocycles. The van der Waals surface area contributed by atoms with Crippen LogP contribution in [0.2, 0.25) is 0 Å². The molecule has 2 heteroatoms. The zero-order valence-corrected chi connectivity index (χ0v) is 18.7. The monoisotopic (exact) mass is 404 g/mol.